The van der Waals surface area contributed by atoms with Crippen molar-refractivity contribution in [2.75, 3.05) is 32.6 Å². The summed E-state index contributed by atoms with van der Waals surface area (Å²) in [5.41, 5.74) is -1.98. The van der Waals surface area contributed by atoms with E-state index < -0.39 is 23.1 Å². The number of thioether (sulfide) groups is 1. The number of pyridine rings is 1. The largest absolute Gasteiger partial charge is 0.481 e. The number of amides is 1. The fourth-order valence-corrected chi connectivity index (χ4v) is 3.58. The van der Waals surface area contributed by atoms with Gasteiger partial charge in [-0.1, -0.05) is 11.8 Å². The monoisotopic (exact) mass is 392 g/mol. The van der Waals surface area contributed by atoms with Gasteiger partial charge in [-0.2, -0.15) is 13.2 Å². The first kappa shape index (κ1) is 20.5. The molecule has 1 N–H and O–H groups in total. The standard InChI is InChI=1S/C16H19F3N2O4S/c1-25-10-15(14(23)24)5-2-6-21(9-15)13(22)8-26-12-4-3-11(7-20-12)16(17,18)19/h3-4,7H,2,5-6,8-10H2,1H3,(H,23,24). The number of hydrogen-bond acceptors (Lipinski definition) is 5. The van der Waals surface area contributed by atoms with Gasteiger partial charge in [-0.3, -0.25) is 9.59 Å². The Morgan fingerprint density at radius 2 is 2.15 bits per heavy atom. The lowest BCUT2D eigenvalue weighted by Gasteiger charge is -2.39. The van der Waals surface area contributed by atoms with E-state index in [1.165, 1.54) is 18.1 Å². The molecule has 10 heteroatoms. The van der Waals surface area contributed by atoms with Crippen LogP contribution in [0.25, 0.3) is 0 Å². The number of rotatable bonds is 6. The van der Waals surface area contributed by atoms with Gasteiger partial charge in [0.05, 0.1) is 22.9 Å². The molecule has 1 amide bonds. The lowest BCUT2D eigenvalue weighted by Crippen LogP contribution is -2.52. The van der Waals surface area contributed by atoms with Crippen LogP contribution in [0.1, 0.15) is 18.4 Å². The summed E-state index contributed by atoms with van der Waals surface area (Å²) in [7, 11) is 1.41. The number of piperidine rings is 1. The highest BCUT2D eigenvalue weighted by Crippen LogP contribution is 2.32. The lowest BCUT2D eigenvalue weighted by atomic mass is 9.80. The first-order valence-corrected chi connectivity index (χ1v) is 8.83. The molecule has 0 spiro atoms. The Labute approximate surface area is 152 Å². The Kier molecular flexibility index (Phi) is 6.51. The Morgan fingerprint density at radius 1 is 1.42 bits per heavy atom. The van der Waals surface area contributed by atoms with E-state index in [0.717, 1.165) is 24.0 Å². The number of alkyl halides is 3. The van der Waals surface area contributed by atoms with Crippen LogP contribution in [-0.4, -0.2) is 59.4 Å². The van der Waals surface area contributed by atoms with Crippen LogP contribution in [0.2, 0.25) is 0 Å². The summed E-state index contributed by atoms with van der Waals surface area (Å²) < 4.78 is 42.6. The number of aliphatic carboxylic acids is 1. The van der Waals surface area contributed by atoms with Gasteiger partial charge in [-0.15, -0.1) is 0 Å². The molecule has 1 atom stereocenters. The van der Waals surface area contributed by atoms with Crippen LogP contribution in [0.3, 0.4) is 0 Å². The normalized spacial score (nSPS) is 20.8. The summed E-state index contributed by atoms with van der Waals surface area (Å²) in [5, 5.41) is 9.79. The maximum absolute atomic E-state index is 12.5. The number of ether oxygens (including phenoxy) is 1. The molecule has 1 aromatic heterocycles. The number of aromatic nitrogens is 1. The van der Waals surface area contributed by atoms with Crippen molar-refractivity contribution >= 4 is 23.6 Å². The minimum absolute atomic E-state index is 0.0136. The van der Waals surface area contributed by atoms with E-state index >= 15 is 0 Å². The molecule has 1 fully saturated rings. The van der Waals surface area contributed by atoms with Crippen molar-refractivity contribution in [1.29, 1.82) is 0 Å². The predicted octanol–water partition coefficient (Wildman–Crippen LogP) is 2.53. The summed E-state index contributed by atoms with van der Waals surface area (Å²) in [5.74, 6) is -1.31. The molecule has 2 rings (SSSR count). The van der Waals surface area contributed by atoms with E-state index in [4.69, 9.17) is 4.74 Å². The second kappa shape index (κ2) is 8.26. The number of carboxylic acid groups (broad SMARTS) is 1. The van der Waals surface area contributed by atoms with Gasteiger partial charge in [-0.25, -0.2) is 4.98 Å². The lowest BCUT2D eigenvalue weighted by molar-refractivity contribution is -0.158. The van der Waals surface area contributed by atoms with E-state index in [2.05, 4.69) is 4.98 Å². The number of carbonyl (C=O) groups is 2. The predicted molar refractivity (Wildman–Crippen MR) is 87.7 cm³/mol. The summed E-state index contributed by atoms with van der Waals surface area (Å²) in [6, 6.07) is 2.12. The Balaban J connectivity index is 1.96. The van der Waals surface area contributed by atoms with Crippen LogP contribution in [0.5, 0.6) is 0 Å². The van der Waals surface area contributed by atoms with E-state index in [-0.39, 0.29) is 24.8 Å². The Hall–Kier alpha value is -1.81. The third-order valence-corrected chi connectivity index (χ3v) is 5.14. The van der Waals surface area contributed by atoms with Gasteiger partial charge in [0.2, 0.25) is 5.91 Å². The van der Waals surface area contributed by atoms with Crippen LogP contribution in [0.4, 0.5) is 13.2 Å². The fourth-order valence-electron chi connectivity index (χ4n) is 2.84. The van der Waals surface area contributed by atoms with Gasteiger partial charge in [0, 0.05) is 26.4 Å². The molecule has 1 unspecified atom stereocenters. The molecule has 1 aromatic rings. The summed E-state index contributed by atoms with van der Waals surface area (Å²) in [4.78, 5) is 29.2. The van der Waals surface area contributed by atoms with Crippen LogP contribution in [0.15, 0.2) is 23.4 Å². The molecule has 6 nitrogen and oxygen atoms in total. The first-order valence-electron chi connectivity index (χ1n) is 7.84. The van der Waals surface area contributed by atoms with Gasteiger partial charge in [0.15, 0.2) is 0 Å². The molecule has 1 aliphatic rings. The van der Waals surface area contributed by atoms with Crippen molar-refractivity contribution in [2.24, 2.45) is 5.41 Å². The smallest absolute Gasteiger partial charge is 0.417 e. The van der Waals surface area contributed by atoms with Crippen molar-refractivity contribution in [3.63, 3.8) is 0 Å². The zero-order chi connectivity index (χ0) is 19.4. The minimum Gasteiger partial charge on any atom is -0.481 e. The maximum atomic E-state index is 12.5. The molecular weight excluding hydrogens is 373 g/mol. The van der Waals surface area contributed by atoms with Gasteiger partial charge in [0.1, 0.15) is 5.41 Å². The van der Waals surface area contributed by atoms with E-state index in [1.54, 1.807) is 0 Å². The van der Waals surface area contributed by atoms with Crippen molar-refractivity contribution < 1.29 is 32.6 Å². The molecular formula is C16H19F3N2O4S. The van der Waals surface area contributed by atoms with Crippen molar-refractivity contribution in [1.82, 2.24) is 9.88 Å². The van der Waals surface area contributed by atoms with Crippen molar-refractivity contribution in [2.45, 2.75) is 24.0 Å². The van der Waals surface area contributed by atoms with Crippen LogP contribution in [-0.2, 0) is 20.5 Å². The molecule has 1 saturated heterocycles. The quantitative estimate of drug-likeness (QED) is 0.750. The topological polar surface area (TPSA) is 79.7 Å². The maximum Gasteiger partial charge on any atom is 0.417 e. The number of hydrogen-bond donors (Lipinski definition) is 1. The average Bonchev–Trinajstić information content (AvgIpc) is 2.59. The SMILES string of the molecule is COCC1(C(=O)O)CCCN(C(=O)CSc2ccc(C(F)(F)F)cn2)C1. The highest BCUT2D eigenvalue weighted by atomic mass is 32.2. The molecule has 0 radical (unpaired) electrons. The number of carbonyl (C=O) groups excluding carboxylic acids is 1. The number of methoxy groups -OCH3 is 1. The molecule has 2 heterocycles. The molecule has 26 heavy (non-hydrogen) atoms. The zero-order valence-corrected chi connectivity index (χ0v) is 14.9. The minimum atomic E-state index is -4.46. The second-order valence-corrected chi connectivity index (χ2v) is 7.10. The van der Waals surface area contributed by atoms with E-state index in [9.17, 15) is 27.9 Å². The van der Waals surface area contributed by atoms with Gasteiger partial charge < -0.3 is 14.7 Å². The summed E-state index contributed by atoms with van der Waals surface area (Å²) >= 11 is 1.02. The van der Waals surface area contributed by atoms with E-state index in [1.807, 2.05) is 0 Å². The van der Waals surface area contributed by atoms with Gasteiger partial charge in [-0.05, 0) is 25.0 Å². The van der Waals surface area contributed by atoms with Gasteiger partial charge >= 0.3 is 12.1 Å². The van der Waals surface area contributed by atoms with Crippen molar-refractivity contribution in [3.8, 4) is 0 Å². The molecule has 0 bridgehead atoms. The Bertz CT molecular complexity index is 650. The van der Waals surface area contributed by atoms with E-state index in [0.29, 0.717) is 24.4 Å². The third-order valence-electron chi connectivity index (χ3n) is 4.21. The number of nitrogens with zero attached hydrogens (tertiary/aromatic N) is 2. The zero-order valence-electron chi connectivity index (χ0n) is 14.1. The van der Waals surface area contributed by atoms with Crippen molar-refractivity contribution in [3.05, 3.63) is 23.9 Å². The Morgan fingerprint density at radius 3 is 2.69 bits per heavy atom. The van der Waals surface area contributed by atoms with Crippen LogP contribution >= 0.6 is 11.8 Å². The first-order chi connectivity index (χ1) is 12.2. The second-order valence-electron chi connectivity index (χ2n) is 6.11. The van der Waals surface area contributed by atoms with Gasteiger partial charge in [0.25, 0.3) is 0 Å². The van der Waals surface area contributed by atoms with Crippen LogP contribution < -0.4 is 0 Å². The fraction of sp³-hybridized carbons (Fsp3) is 0.562. The van der Waals surface area contributed by atoms with Crippen LogP contribution in [0, 0.1) is 5.41 Å². The molecule has 1 aliphatic heterocycles. The molecule has 0 aromatic carbocycles. The highest BCUT2D eigenvalue weighted by Gasteiger charge is 2.43. The molecule has 0 saturated carbocycles. The summed E-state index contributed by atoms with van der Waals surface area (Å²) in [6.07, 6.45) is -2.76. The highest BCUT2D eigenvalue weighted by molar-refractivity contribution is 7.99. The number of carboxylic acids is 1. The number of likely N-dealkylation sites (tertiary alicyclic amines) is 1. The third kappa shape index (κ3) is 4.88. The average molecular weight is 392 g/mol. The number of halogens is 3. The molecule has 0 aliphatic carbocycles. The molecule has 144 valence electrons. The summed E-state index contributed by atoms with van der Waals surface area (Å²) in [6.45, 7) is 0.508.